The predicted molar refractivity (Wildman–Crippen MR) is 253 cm³/mol. The molecule has 0 fully saturated rings. The van der Waals surface area contributed by atoms with Crippen LogP contribution in [0.25, 0.3) is 131 Å². The molecule has 0 radical (unpaired) electrons. The molecule has 2 heteroatoms. The SMILES string of the molecule is c1cc(-c2ccc3oc4c(ccc5c6cc(-c7cccc(-c8cc9ccccc9c9ccccc89)c7)ccc6oc54)c3c2)cc(-c2cc3ccccc3c3ccccc23)c1. The first-order valence-corrected chi connectivity index (χ1v) is 20.6. The van der Waals surface area contributed by atoms with Gasteiger partial charge < -0.3 is 8.83 Å². The summed E-state index contributed by atoms with van der Waals surface area (Å²) in [4.78, 5) is 0. The van der Waals surface area contributed by atoms with Crippen LogP contribution >= 0.6 is 0 Å². The van der Waals surface area contributed by atoms with E-state index < -0.39 is 0 Å². The van der Waals surface area contributed by atoms with Crippen molar-refractivity contribution in [2.45, 2.75) is 0 Å². The molecule has 11 aromatic carbocycles. The molecular formula is C58H34O2. The highest BCUT2D eigenvalue weighted by molar-refractivity contribution is 6.20. The highest BCUT2D eigenvalue weighted by Gasteiger charge is 2.18. The van der Waals surface area contributed by atoms with Crippen LogP contribution < -0.4 is 0 Å². The number of hydrogen-bond donors (Lipinski definition) is 0. The first kappa shape index (κ1) is 33.1. The quantitative estimate of drug-likeness (QED) is 0.167. The molecule has 0 saturated carbocycles. The molecule has 2 nitrogen and oxygen atoms in total. The first-order valence-electron chi connectivity index (χ1n) is 20.6. The molecule has 0 aliphatic rings. The van der Waals surface area contributed by atoms with Gasteiger partial charge in [-0.15, -0.1) is 0 Å². The van der Waals surface area contributed by atoms with Crippen LogP contribution in [0.1, 0.15) is 0 Å². The maximum Gasteiger partial charge on any atom is 0.178 e. The van der Waals surface area contributed by atoms with Gasteiger partial charge in [-0.1, -0.05) is 146 Å². The summed E-state index contributed by atoms with van der Waals surface area (Å²) in [5.41, 5.74) is 12.7. The lowest BCUT2D eigenvalue weighted by Gasteiger charge is -2.12. The largest absolute Gasteiger partial charge is 0.452 e. The molecule has 0 spiro atoms. The van der Waals surface area contributed by atoms with Crippen LogP contribution in [-0.4, -0.2) is 0 Å². The van der Waals surface area contributed by atoms with Crippen molar-refractivity contribution in [3.8, 4) is 44.5 Å². The summed E-state index contributed by atoms with van der Waals surface area (Å²) >= 11 is 0. The molecule has 60 heavy (non-hydrogen) atoms. The van der Waals surface area contributed by atoms with Crippen molar-refractivity contribution in [2.24, 2.45) is 0 Å². The molecule has 13 rings (SSSR count). The summed E-state index contributed by atoms with van der Waals surface area (Å²) in [6, 6.07) is 74.7. The standard InChI is InChI=1S/C58H34O2/c1-3-17-43-41(11-1)33-51(47-21-7-5-19-45(43)47)39-15-9-13-35(29-39)37-23-27-55-53(31-37)49-25-26-50-54-32-38(24-28-56(54)60-58(50)57(49)59-55)36-14-10-16-40(30-36)52-34-42-12-2-4-18-44(42)46-20-6-8-22-48(46)52/h1-34H. The van der Waals surface area contributed by atoms with Crippen molar-refractivity contribution in [3.05, 3.63) is 206 Å². The fraction of sp³-hybridized carbons (Fsp3) is 0. The van der Waals surface area contributed by atoms with E-state index in [0.29, 0.717) is 0 Å². The van der Waals surface area contributed by atoms with Gasteiger partial charge in [0.25, 0.3) is 0 Å². The smallest absolute Gasteiger partial charge is 0.178 e. The third-order valence-corrected chi connectivity index (χ3v) is 12.6. The van der Waals surface area contributed by atoms with E-state index in [1.165, 1.54) is 65.3 Å². The first-order chi connectivity index (χ1) is 29.7. The van der Waals surface area contributed by atoms with E-state index in [4.69, 9.17) is 8.83 Å². The monoisotopic (exact) mass is 762 g/mol. The van der Waals surface area contributed by atoms with Gasteiger partial charge in [0.15, 0.2) is 11.2 Å². The predicted octanol–water partition coefficient (Wildman–Crippen LogP) is 16.8. The van der Waals surface area contributed by atoms with E-state index in [9.17, 15) is 0 Å². The second kappa shape index (κ2) is 12.8. The van der Waals surface area contributed by atoms with Crippen molar-refractivity contribution in [1.82, 2.24) is 0 Å². The van der Waals surface area contributed by atoms with E-state index in [1.54, 1.807) is 0 Å². The molecule has 0 amide bonds. The van der Waals surface area contributed by atoms with Crippen molar-refractivity contribution in [1.29, 1.82) is 0 Å². The highest BCUT2D eigenvalue weighted by atomic mass is 16.4. The van der Waals surface area contributed by atoms with E-state index in [1.807, 2.05) is 0 Å². The van der Waals surface area contributed by atoms with Crippen LogP contribution in [0.15, 0.2) is 215 Å². The zero-order chi connectivity index (χ0) is 39.3. The maximum atomic E-state index is 6.62. The third kappa shape index (κ3) is 5.01. The third-order valence-electron chi connectivity index (χ3n) is 12.6. The minimum absolute atomic E-state index is 0.777. The summed E-state index contributed by atoms with van der Waals surface area (Å²) < 4.78 is 13.2. The molecule has 0 N–H and O–H groups in total. The molecule has 2 heterocycles. The number of furan rings is 2. The molecular weight excluding hydrogens is 729 g/mol. The van der Waals surface area contributed by atoms with Gasteiger partial charge in [-0.05, 0) is 148 Å². The lowest BCUT2D eigenvalue weighted by Crippen LogP contribution is -1.86. The summed E-state index contributed by atoms with van der Waals surface area (Å²) in [6.07, 6.45) is 0. The molecule has 0 aliphatic heterocycles. The van der Waals surface area contributed by atoms with Gasteiger partial charge in [-0.2, -0.15) is 0 Å². The Morgan fingerprint density at radius 1 is 0.217 bits per heavy atom. The highest BCUT2D eigenvalue weighted by Crippen LogP contribution is 2.43. The Labute approximate surface area is 345 Å². The Kier molecular flexibility index (Phi) is 7.05. The Balaban J connectivity index is 0.892. The Morgan fingerprint density at radius 3 is 1.07 bits per heavy atom. The van der Waals surface area contributed by atoms with Gasteiger partial charge >= 0.3 is 0 Å². The zero-order valence-electron chi connectivity index (χ0n) is 32.4. The Morgan fingerprint density at radius 2 is 0.600 bits per heavy atom. The molecule has 0 unspecified atom stereocenters. The lowest BCUT2D eigenvalue weighted by molar-refractivity contribution is 0.633. The molecule has 278 valence electrons. The van der Waals surface area contributed by atoms with E-state index in [2.05, 4.69) is 206 Å². The molecule has 0 aliphatic carbocycles. The summed E-state index contributed by atoms with van der Waals surface area (Å²) in [6.45, 7) is 0. The van der Waals surface area contributed by atoms with Gasteiger partial charge in [-0.3, -0.25) is 0 Å². The van der Waals surface area contributed by atoms with Crippen LogP contribution in [0.4, 0.5) is 0 Å². The number of hydrogen-bond acceptors (Lipinski definition) is 2. The molecule has 0 bridgehead atoms. The minimum Gasteiger partial charge on any atom is -0.452 e. The minimum atomic E-state index is 0.777. The fourth-order valence-corrected chi connectivity index (χ4v) is 9.75. The number of fused-ring (bicyclic) bond motifs is 13. The second-order valence-corrected chi connectivity index (χ2v) is 16.0. The van der Waals surface area contributed by atoms with Crippen molar-refractivity contribution >= 4 is 87.0 Å². The summed E-state index contributed by atoms with van der Waals surface area (Å²) in [5, 5.41) is 14.4. The van der Waals surface area contributed by atoms with E-state index >= 15 is 0 Å². The van der Waals surface area contributed by atoms with Crippen LogP contribution in [0.3, 0.4) is 0 Å². The number of rotatable bonds is 4. The topological polar surface area (TPSA) is 26.3 Å². The van der Waals surface area contributed by atoms with Crippen LogP contribution in [0.5, 0.6) is 0 Å². The van der Waals surface area contributed by atoms with Crippen LogP contribution in [-0.2, 0) is 0 Å². The van der Waals surface area contributed by atoms with Crippen LogP contribution in [0.2, 0.25) is 0 Å². The number of benzene rings is 11. The fourth-order valence-electron chi connectivity index (χ4n) is 9.75. The second-order valence-electron chi connectivity index (χ2n) is 16.0. The van der Waals surface area contributed by atoms with Gasteiger partial charge in [0.1, 0.15) is 11.2 Å². The average Bonchev–Trinajstić information content (AvgIpc) is 3.89. The molecule has 0 atom stereocenters. The normalized spacial score (nSPS) is 12.0. The molecule has 0 saturated heterocycles. The van der Waals surface area contributed by atoms with Gasteiger partial charge in [-0.25, -0.2) is 0 Å². The molecule has 13 aromatic rings. The lowest BCUT2D eigenvalue weighted by atomic mass is 9.91. The van der Waals surface area contributed by atoms with Gasteiger partial charge in [0.2, 0.25) is 0 Å². The zero-order valence-corrected chi connectivity index (χ0v) is 32.4. The molecule has 2 aromatic heterocycles. The Hall–Kier alpha value is -7.94. The van der Waals surface area contributed by atoms with Crippen molar-refractivity contribution in [3.63, 3.8) is 0 Å². The van der Waals surface area contributed by atoms with Gasteiger partial charge in [0, 0.05) is 21.5 Å². The van der Waals surface area contributed by atoms with E-state index in [-0.39, 0.29) is 0 Å². The average molecular weight is 763 g/mol. The maximum absolute atomic E-state index is 6.62. The van der Waals surface area contributed by atoms with Crippen molar-refractivity contribution < 1.29 is 8.83 Å². The summed E-state index contributed by atoms with van der Waals surface area (Å²) in [5.74, 6) is 0. The van der Waals surface area contributed by atoms with Crippen molar-refractivity contribution in [2.75, 3.05) is 0 Å². The van der Waals surface area contributed by atoms with Gasteiger partial charge in [0.05, 0.1) is 0 Å². The summed E-state index contributed by atoms with van der Waals surface area (Å²) in [7, 11) is 0. The van der Waals surface area contributed by atoms with E-state index in [0.717, 1.165) is 66.1 Å². The van der Waals surface area contributed by atoms with Crippen LogP contribution in [0, 0.1) is 0 Å². The Bertz CT molecular complexity index is 3640.